The lowest BCUT2D eigenvalue weighted by Gasteiger charge is -2.35. The van der Waals surface area contributed by atoms with Gasteiger partial charge in [0.2, 0.25) is 0 Å². The smallest absolute Gasteiger partial charge is 0.418 e. The molecule has 0 radical (unpaired) electrons. The van der Waals surface area contributed by atoms with Gasteiger partial charge in [0.05, 0.1) is 24.7 Å². The first-order valence-corrected chi connectivity index (χ1v) is 10.6. The maximum Gasteiger partial charge on any atom is 0.418 e. The molecule has 1 atom stereocenters. The van der Waals surface area contributed by atoms with Crippen LogP contribution in [0.2, 0.25) is 0 Å². The summed E-state index contributed by atoms with van der Waals surface area (Å²) in [5, 5.41) is 0. The van der Waals surface area contributed by atoms with E-state index in [0.29, 0.717) is 0 Å². The van der Waals surface area contributed by atoms with Gasteiger partial charge in [0, 0.05) is 0 Å². The van der Waals surface area contributed by atoms with Crippen molar-refractivity contribution in [3.05, 3.63) is 37.0 Å². The van der Waals surface area contributed by atoms with Crippen LogP contribution in [-0.2, 0) is 14.2 Å². The molecule has 0 aliphatic heterocycles. The highest BCUT2D eigenvalue weighted by molar-refractivity contribution is 4.83. The third-order valence-electron chi connectivity index (χ3n) is 4.29. The van der Waals surface area contributed by atoms with Gasteiger partial charge in [0.25, 0.3) is 0 Å². The van der Waals surface area contributed by atoms with E-state index in [2.05, 4.69) is 34.6 Å². The van der Waals surface area contributed by atoms with Crippen LogP contribution in [0, 0.1) is 5.92 Å². The molecule has 0 rings (SSSR count). The van der Waals surface area contributed by atoms with Gasteiger partial charge >= 0.3 is 5.97 Å². The normalized spacial score (nSPS) is 15.6. The van der Waals surface area contributed by atoms with E-state index < -0.39 is 5.97 Å². The minimum Gasteiger partial charge on any atom is -0.429 e. The molecular weight excluding hydrogens is 324 g/mol. The summed E-state index contributed by atoms with van der Waals surface area (Å²) >= 11 is 0. The Bertz CT molecular complexity index is 344. The summed E-state index contributed by atoms with van der Waals surface area (Å²) in [6.07, 6.45) is 22.5. The van der Waals surface area contributed by atoms with E-state index in [-0.39, 0.29) is 5.92 Å². The Morgan fingerprint density at radius 1 is 0.654 bits per heavy atom. The fraction of sp³-hybridized carbons (Fsp3) is 0.739. The third kappa shape index (κ3) is 11.3. The molecule has 0 amide bonds. The summed E-state index contributed by atoms with van der Waals surface area (Å²) in [6, 6.07) is 0. The summed E-state index contributed by atoms with van der Waals surface area (Å²) < 4.78 is 18.0. The topological polar surface area (TPSA) is 27.7 Å². The maximum atomic E-state index is 5.99. The van der Waals surface area contributed by atoms with E-state index in [9.17, 15) is 0 Å². The van der Waals surface area contributed by atoms with Crippen molar-refractivity contribution < 1.29 is 14.2 Å². The van der Waals surface area contributed by atoms with Crippen LogP contribution in [-0.4, -0.2) is 5.97 Å². The number of allylic oxidation sites excluding steroid dienone is 3. The van der Waals surface area contributed by atoms with Crippen LogP contribution < -0.4 is 0 Å². The number of hydrogen-bond donors (Lipinski definition) is 0. The van der Waals surface area contributed by atoms with Crippen LogP contribution >= 0.6 is 0 Å². The van der Waals surface area contributed by atoms with Crippen molar-refractivity contribution in [3.8, 4) is 0 Å². The number of hydrogen-bond acceptors (Lipinski definition) is 3. The van der Waals surface area contributed by atoms with Crippen molar-refractivity contribution in [2.75, 3.05) is 0 Å². The number of ether oxygens (including phenoxy) is 3. The fourth-order valence-corrected chi connectivity index (χ4v) is 2.56. The van der Waals surface area contributed by atoms with Crippen LogP contribution in [0.15, 0.2) is 37.0 Å². The van der Waals surface area contributed by atoms with Gasteiger partial charge in [0.15, 0.2) is 0 Å². The van der Waals surface area contributed by atoms with Crippen LogP contribution in [0.5, 0.6) is 0 Å². The standard InChI is InChI=1S/C23H42O3/c1-6-10-14-15-16-17-18-22(5)23(24-19-11-7-2,25-20-12-8-3)26-21-13-9-4/h11-13,19-22H,6-10,14-18H2,1-5H3. The molecule has 152 valence electrons. The van der Waals surface area contributed by atoms with E-state index in [1.54, 1.807) is 18.8 Å². The number of rotatable bonds is 17. The van der Waals surface area contributed by atoms with Crippen molar-refractivity contribution in [1.82, 2.24) is 0 Å². The highest BCUT2D eigenvalue weighted by Crippen LogP contribution is 2.31. The van der Waals surface area contributed by atoms with Crippen molar-refractivity contribution in [2.24, 2.45) is 5.92 Å². The first kappa shape index (κ1) is 24.6. The van der Waals surface area contributed by atoms with E-state index in [1.807, 2.05) is 18.2 Å². The SMILES string of the molecule is CCC=COC(OC=CCC)(OC=CCC)C(C)CCCCCCCC. The van der Waals surface area contributed by atoms with Gasteiger partial charge < -0.3 is 14.2 Å². The third-order valence-corrected chi connectivity index (χ3v) is 4.29. The second-order valence-electron chi connectivity index (χ2n) is 6.75. The van der Waals surface area contributed by atoms with Gasteiger partial charge in [-0.1, -0.05) is 73.1 Å². The number of unbranched alkanes of at least 4 members (excludes halogenated alkanes) is 5. The van der Waals surface area contributed by atoms with Crippen LogP contribution in [0.4, 0.5) is 0 Å². The molecule has 1 unspecified atom stereocenters. The van der Waals surface area contributed by atoms with Gasteiger partial charge in [-0.2, -0.15) is 0 Å². The molecule has 26 heavy (non-hydrogen) atoms. The zero-order valence-electron chi connectivity index (χ0n) is 17.8. The van der Waals surface area contributed by atoms with Crippen LogP contribution in [0.3, 0.4) is 0 Å². The maximum absolute atomic E-state index is 5.99. The molecule has 0 fully saturated rings. The summed E-state index contributed by atoms with van der Waals surface area (Å²) in [5.74, 6) is -0.995. The van der Waals surface area contributed by atoms with Crippen LogP contribution in [0.1, 0.15) is 98.8 Å². The van der Waals surface area contributed by atoms with Gasteiger partial charge in [-0.25, -0.2) is 0 Å². The molecule has 0 aliphatic carbocycles. The molecule has 0 aromatic carbocycles. The molecule has 0 heterocycles. The van der Waals surface area contributed by atoms with Crippen molar-refractivity contribution in [2.45, 2.75) is 105 Å². The Kier molecular flexibility index (Phi) is 16.1. The Labute approximate surface area is 162 Å². The molecule has 3 heteroatoms. The Morgan fingerprint density at radius 3 is 1.50 bits per heavy atom. The molecular formula is C23H42O3. The predicted octanol–water partition coefficient (Wildman–Crippen LogP) is 7.85. The average molecular weight is 367 g/mol. The molecule has 0 N–H and O–H groups in total. The van der Waals surface area contributed by atoms with Gasteiger partial charge in [0.1, 0.15) is 0 Å². The second-order valence-corrected chi connectivity index (χ2v) is 6.75. The quantitative estimate of drug-likeness (QED) is 0.149. The fourth-order valence-electron chi connectivity index (χ4n) is 2.56. The Hall–Kier alpha value is -1.38. The zero-order valence-corrected chi connectivity index (χ0v) is 17.8. The van der Waals surface area contributed by atoms with Gasteiger partial charge in [-0.3, -0.25) is 0 Å². The minimum absolute atomic E-state index is 0.109. The first-order valence-electron chi connectivity index (χ1n) is 10.6. The molecule has 0 saturated carbocycles. The largest absolute Gasteiger partial charge is 0.429 e. The molecule has 0 aliphatic rings. The molecule has 0 saturated heterocycles. The van der Waals surface area contributed by atoms with E-state index in [1.165, 1.54) is 32.1 Å². The molecule has 0 bridgehead atoms. The summed E-state index contributed by atoms with van der Waals surface area (Å²) in [5.41, 5.74) is 0. The zero-order chi connectivity index (χ0) is 19.5. The minimum atomic E-state index is -1.10. The second kappa shape index (κ2) is 17.1. The first-order chi connectivity index (χ1) is 12.7. The van der Waals surface area contributed by atoms with Gasteiger partial charge in [-0.15, -0.1) is 0 Å². The Morgan fingerprint density at radius 2 is 1.08 bits per heavy atom. The Balaban J connectivity index is 4.97. The monoisotopic (exact) mass is 366 g/mol. The summed E-state index contributed by atoms with van der Waals surface area (Å²) in [7, 11) is 0. The summed E-state index contributed by atoms with van der Waals surface area (Å²) in [4.78, 5) is 0. The highest BCUT2D eigenvalue weighted by atomic mass is 16.9. The molecule has 0 spiro atoms. The summed E-state index contributed by atoms with van der Waals surface area (Å²) in [6.45, 7) is 10.6. The van der Waals surface area contributed by atoms with Crippen LogP contribution in [0.25, 0.3) is 0 Å². The lowest BCUT2D eigenvalue weighted by atomic mass is 9.99. The lowest BCUT2D eigenvalue weighted by molar-refractivity contribution is -0.345. The lowest BCUT2D eigenvalue weighted by Crippen LogP contribution is -2.41. The molecule has 3 nitrogen and oxygen atoms in total. The molecule has 0 aromatic heterocycles. The highest BCUT2D eigenvalue weighted by Gasteiger charge is 2.41. The molecule has 0 aromatic rings. The van der Waals surface area contributed by atoms with E-state index >= 15 is 0 Å². The average Bonchev–Trinajstić information content (AvgIpc) is 2.64. The van der Waals surface area contributed by atoms with Crippen molar-refractivity contribution >= 4 is 0 Å². The van der Waals surface area contributed by atoms with Crippen molar-refractivity contribution in [1.29, 1.82) is 0 Å². The predicted molar refractivity (Wildman–Crippen MR) is 111 cm³/mol. The van der Waals surface area contributed by atoms with E-state index in [4.69, 9.17) is 14.2 Å². The van der Waals surface area contributed by atoms with Crippen molar-refractivity contribution in [3.63, 3.8) is 0 Å². The van der Waals surface area contributed by atoms with E-state index in [0.717, 1.165) is 32.1 Å². The van der Waals surface area contributed by atoms with Gasteiger partial charge in [-0.05, 0) is 43.9 Å².